The van der Waals surface area contributed by atoms with Gasteiger partial charge < -0.3 is 9.73 Å². The first kappa shape index (κ1) is 23.4. The molecule has 34 heavy (non-hydrogen) atoms. The van der Waals surface area contributed by atoms with Crippen molar-refractivity contribution in [1.82, 2.24) is 10.7 Å². The molecule has 0 saturated carbocycles. The summed E-state index contributed by atoms with van der Waals surface area (Å²) in [6, 6.07) is 30.5. The van der Waals surface area contributed by atoms with Crippen molar-refractivity contribution >= 4 is 40.6 Å². The highest BCUT2D eigenvalue weighted by Gasteiger charge is 2.22. The van der Waals surface area contributed by atoms with E-state index in [1.54, 1.807) is 6.07 Å². The van der Waals surface area contributed by atoms with Crippen molar-refractivity contribution in [3.63, 3.8) is 0 Å². The number of amides is 2. The fourth-order valence-corrected chi connectivity index (χ4v) is 3.81. The minimum absolute atomic E-state index is 0.196. The van der Waals surface area contributed by atoms with E-state index in [-0.39, 0.29) is 12.5 Å². The lowest BCUT2D eigenvalue weighted by Gasteiger charge is -2.17. The molecule has 6 nitrogen and oxygen atoms in total. The molecule has 170 valence electrons. The predicted octanol–water partition coefficient (Wildman–Crippen LogP) is 4.95. The molecular weight excluding hydrogens is 541 g/mol. The lowest BCUT2D eigenvalue weighted by molar-refractivity contribution is -0.126. The van der Waals surface area contributed by atoms with Crippen molar-refractivity contribution in [2.75, 3.05) is 6.54 Å². The van der Waals surface area contributed by atoms with Gasteiger partial charge in [-0.15, -0.1) is 0 Å². The molecule has 0 saturated heterocycles. The van der Waals surface area contributed by atoms with Crippen molar-refractivity contribution in [2.45, 2.75) is 5.92 Å². The maximum atomic E-state index is 13.0. The van der Waals surface area contributed by atoms with Crippen molar-refractivity contribution < 1.29 is 14.0 Å². The number of carbonyl (C=O) groups excluding carboxylic acids is 2. The van der Waals surface area contributed by atoms with Gasteiger partial charge in [0.1, 0.15) is 11.5 Å². The maximum absolute atomic E-state index is 13.0. The fraction of sp³-hybridized carbons (Fsp3) is 0.0741. The van der Waals surface area contributed by atoms with Gasteiger partial charge in [0.05, 0.1) is 18.7 Å². The van der Waals surface area contributed by atoms with E-state index in [1.165, 1.54) is 6.21 Å². The fourth-order valence-electron chi connectivity index (χ4n) is 3.45. The number of hydrogen-bond donors (Lipinski definition) is 2. The molecule has 7 heteroatoms. The van der Waals surface area contributed by atoms with Gasteiger partial charge in [0.25, 0.3) is 5.91 Å². The Morgan fingerprint density at radius 1 is 0.853 bits per heavy atom. The van der Waals surface area contributed by atoms with Gasteiger partial charge in [-0.3, -0.25) is 9.59 Å². The number of benzene rings is 3. The van der Waals surface area contributed by atoms with Crippen LogP contribution in [0.2, 0.25) is 0 Å². The zero-order valence-corrected chi connectivity index (χ0v) is 20.3. The second kappa shape index (κ2) is 11.4. The summed E-state index contributed by atoms with van der Waals surface area (Å²) in [4.78, 5) is 25.2. The van der Waals surface area contributed by atoms with Crippen LogP contribution in [0, 0.1) is 3.57 Å². The summed E-state index contributed by atoms with van der Waals surface area (Å²) < 4.78 is 6.89. The Balaban J connectivity index is 1.33. The highest BCUT2D eigenvalue weighted by molar-refractivity contribution is 14.1. The SMILES string of the molecule is O=C(CNC(=O)C(c1ccccc1)c1ccccc1)N/N=C/c1ccc(-c2ccc(I)cc2)o1. The van der Waals surface area contributed by atoms with Crippen molar-refractivity contribution in [3.05, 3.63) is 118 Å². The largest absolute Gasteiger partial charge is 0.455 e. The van der Waals surface area contributed by atoms with Crippen molar-refractivity contribution in [1.29, 1.82) is 0 Å². The summed E-state index contributed by atoms with van der Waals surface area (Å²) in [6.45, 7) is -0.196. The van der Waals surface area contributed by atoms with E-state index >= 15 is 0 Å². The smallest absolute Gasteiger partial charge is 0.259 e. The first-order chi connectivity index (χ1) is 16.6. The summed E-state index contributed by atoms with van der Waals surface area (Å²) in [6.07, 6.45) is 1.42. The molecule has 4 aromatic rings. The number of rotatable bonds is 8. The molecule has 1 heterocycles. The minimum Gasteiger partial charge on any atom is -0.455 e. The van der Waals surface area contributed by atoms with E-state index in [0.717, 1.165) is 20.3 Å². The van der Waals surface area contributed by atoms with Crippen molar-refractivity contribution in [3.8, 4) is 11.3 Å². The molecular formula is C27H22IN3O3. The third-order valence-electron chi connectivity index (χ3n) is 5.09. The lowest BCUT2D eigenvalue weighted by Crippen LogP contribution is -2.37. The van der Waals surface area contributed by atoms with Gasteiger partial charge in [-0.2, -0.15) is 5.10 Å². The van der Waals surface area contributed by atoms with Crippen LogP contribution in [0.5, 0.6) is 0 Å². The number of nitrogens with zero attached hydrogens (tertiary/aromatic N) is 1. The normalized spacial score (nSPS) is 11.0. The predicted molar refractivity (Wildman–Crippen MR) is 140 cm³/mol. The van der Waals surface area contributed by atoms with Crippen LogP contribution >= 0.6 is 22.6 Å². The third kappa shape index (κ3) is 6.20. The third-order valence-corrected chi connectivity index (χ3v) is 5.81. The van der Waals surface area contributed by atoms with Crippen LogP contribution in [0.1, 0.15) is 22.8 Å². The molecule has 0 aliphatic carbocycles. The molecule has 2 amide bonds. The first-order valence-electron chi connectivity index (χ1n) is 10.7. The molecule has 0 atom stereocenters. The number of nitrogens with one attached hydrogen (secondary N) is 2. The monoisotopic (exact) mass is 563 g/mol. The van der Waals surface area contributed by atoms with Crippen LogP contribution in [0.4, 0.5) is 0 Å². The summed E-state index contributed by atoms with van der Waals surface area (Å²) in [5.74, 6) is 0.00975. The van der Waals surface area contributed by atoms with Crippen LogP contribution in [0.15, 0.2) is 107 Å². The second-order valence-corrected chi connectivity index (χ2v) is 8.72. The zero-order valence-electron chi connectivity index (χ0n) is 18.1. The molecule has 3 aromatic carbocycles. The van der Waals surface area contributed by atoms with Gasteiger partial charge in [0.15, 0.2) is 0 Å². The quantitative estimate of drug-likeness (QED) is 0.181. The van der Waals surface area contributed by atoms with E-state index in [9.17, 15) is 9.59 Å². The van der Waals surface area contributed by atoms with Gasteiger partial charge in [0, 0.05) is 9.13 Å². The molecule has 1 aromatic heterocycles. The van der Waals surface area contributed by atoms with E-state index < -0.39 is 11.8 Å². The molecule has 2 N–H and O–H groups in total. The summed E-state index contributed by atoms with van der Waals surface area (Å²) in [5, 5.41) is 6.64. The number of hydrogen-bond acceptors (Lipinski definition) is 4. The number of carbonyl (C=O) groups is 2. The van der Waals surface area contributed by atoms with E-state index in [1.807, 2.05) is 91.0 Å². The van der Waals surface area contributed by atoms with Crippen molar-refractivity contribution in [2.24, 2.45) is 5.10 Å². The summed E-state index contributed by atoms with van der Waals surface area (Å²) in [7, 11) is 0. The molecule has 0 unspecified atom stereocenters. The average Bonchev–Trinajstić information content (AvgIpc) is 3.34. The summed E-state index contributed by atoms with van der Waals surface area (Å²) >= 11 is 2.25. The van der Waals surface area contributed by atoms with Crippen LogP contribution in [-0.4, -0.2) is 24.6 Å². The summed E-state index contributed by atoms with van der Waals surface area (Å²) in [5.41, 5.74) is 5.08. The van der Waals surface area contributed by atoms with Gasteiger partial charge in [-0.05, 0) is 58.0 Å². The van der Waals surface area contributed by atoms with E-state index in [2.05, 4.69) is 38.4 Å². The Bertz CT molecular complexity index is 1230. The van der Waals surface area contributed by atoms with Crippen LogP contribution in [-0.2, 0) is 9.59 Å². The number of hydrazone groups is 1. The standard InChI is InChI=1S/C27H22IN3O3/c28-22-13-11-19(12-14-22)24-16-15-23(34-24)17-30-31-25(32)18-29-27(33)26(20-7-3-1-4-8-20)21-9-5-2-6-10-21/h1-17,26H,18H2,(H,29,33)(H,31,32)/b30-17+. The topological polar surface area (TPSA) is 83.7 Å². The van der Waals surface area contributed by atoms with E-state index in [0.29, 0.717) is 11.5 Å². The number of furan rings is 1. The molecule has 0 aliphatic rings. The second-order valence-electron chi connectivity index (χ2n) is 7.47. The van der Waals surface area contributed by atoms with Gasteiger partial charge in [-0.1, -0.05) is 72.8 Å². The maximum Gasteiger partial charge on any atom is 0.259 e. The zero-order chi connectivity index (χ0) is 23.8. The van der Waals surface area contributed by atoms with Crippen LogP contribution in [0.3, 0.4) is 0 Å². The average molecular weight is 563 g/mol. The first-order valence-corrected chi connectivity index (χ1v) is 11.7. The van der Waals surface area contributed by atoms with Gasteiger partial charge >= 0.3 is 0 Å². The highest BCUT2D eigenvalue weighted by atomic mass is 127. The Hall–Kier alpha value is -3.72. The van der Waals surface area contributed by atoms with Crippen LogP contribution < -0.4 is 10.7 Å². The molecule has 0 aliphatic heterocycles. The lowest BCUT2D eigenvalue weighted by atomic mass is 9.90. The molecule has 4 rings (SSSR count). The molecule has 0 spiro atoms. The van der Waals surface area contributed by atoms with E-state index in [4.69, 9.17) is 4.42 Å². The Labute approximate surface area is 211 Å². The highest BCUT2D eigenvalue weighted by Crippen LogP contribution is 2.25. The van der Waals surface area contributed by atoms with Gasteiger partial charge in [-0.25, -0.2) is 5.43 Å². The minimum atomic E-state index is -0.512. The molecule has 0 radical (unpaired) electrons. The number of halogens is 1. The Morgan fingerprint density at radius 2 is 1.47 bits per heavy atom. The Morgan fingerprint density at radius 3 is 2.09 bits per heavy atom. The molecule has 0 bridgehead atoms. The van der Waals surface area contributed by atoms with Gasteiger partial charge in [0.2, 0.25) is 5.91 Å². The van der Waals surface area contributed by atoms with Crippen LogP contribution in [0.25, 0.3) is 11.3 Å². The Kier molecular flexibility index (Phi) is 7.87. The molecule has 0 fully saturated rings.